The zero-order chi connectivity index (χ0) is 26.4. The largest absolute Gasteiger partial charge is 0.366 e. The fraction of sp³-hybridized carbons (Fsp3) is 0.0800. The molecule has 0 saturated heterocycles. The number of halogens is 2. The van der Waals surface area contributed by atoms with Gasteiger partial charge in [-0.25, -0.2) is 22.8 Å². The topological polar surface area (TPSA) is 130 Å². The number of rotatable bonds is 5. The quantitative estimate of drug-likeness (QED) is 0.381. The average molecular weight is 503 g/mol. The van der Waals surface area contributed by atoms with Crippen molar-refractivity contribution in [3.05, 3.63) is 94.3 Å². The Balaban J connectivity index is 1.56. The molecule has 10 nitrogen and oxygen atoms in total. The Kier molecular flexibility index (Phi) is 5.63. The molecule has 12 heteroatoms. The van der Waals surface area contributed by atoms with Crippen molar-refractivity contribution in [1.82, 2.24) is 24.1 Å². The molecule has 2 aromatic heterocycles. The molecule has 2 amide bonds. The summed E-state index contributed by atoms with van der Waals surface area (Å²) < 4.78 is 34.6. The number of carbonyl (C=O) groups is 2. The molecule has 0 aliphatic rings. The number of hydrogen-bond donors (Lipinski definition) is 2. The summed E-state index contributed by atoms with van der Waals surface area (Å²) in [6.45, 7) is 0. The van der Waals surface area contributed by atoms with E-state index in [4.69, 9.17) is 5.73 Å². The van der Waals surface area contributed by atoms with Gasteiger partial charge in [0.05, 0.1) is 16.6 Å². The zero-order valence-electron chi connectivity index (χ0n) is 19.6. The smallest absolute Gasteiger partial charge is 0.350 e. The van der Waals surface area contributed by atoms with E-state index in [1.165, 1.54) is 60.5 Å². The summed E-state index contributed by atoms with van der Waals surface area (Å²) in [5.41, 5.74) is 5.44. The van der Waals surface area contributed by atoms with Crippen molar-refractivity contribution in [2.75, 3.05) is 5.32 Å². The molecule has 0 fully saturated rings. The summed E-state index contributed by atoms with van der Waals surface area (Å²) in [5.74, 6) is -3.01. The number of hydrogen-bond acceptors (Lipinski definition) is 5. The van der Waals surface area contributed by atoms with E-state index in [9.17, 15) is 14.4 Å². The second-order valence-electron chi connectivity index (χ2n) is 8.26. The average Bonchev–Trinajstić information content (AvgIpc) is 3.39. The highest BCUT2D eigenvalue weighted by Crippen LogP contribution is 2.33. The van der Waals surface area contributed by atoms with E-state index in [1.807, 2.05) is 0 Å². The molecule has 0 bridgehead atoms. The minimum absolute atomic E-state index is 0.0653. The van der Waals surface area contributed by atoms with Crippen molar-refractivity contribution in [1.29, 1.82) is 0 Å². The van der Waals surface area contributed by atoms with Crippen LogP contribution in [-0.2, 0) is 14.1 Å². The molecule has 0 saturated carbocycles. The second-order valence-corrected chi connectivity index (χ2v) is 8.26. The van der Waals surface area contributed by atoms with Crippen molar-refractivity contribution in [2.45, 2.75) is 0 Å². The minimum atomic E-state index is -0.841. The normalized spacial score (nSPS) is 11.1. The van der Waals surface area contributed by atoms with Crippen molar-refractivity contribution in [3.8, 4) is 16.8 Å². The zero-order valence-corrected chi connectivity index (χ0v) is 19.6. The molecule has 2 heterocycles. The minimum Gasteiger partial charge on any atom is -0.366 e. The summed E-state index contributed by atoms with van der Waals surface area (Å²) in [4.78, 5) is 36.6. The molecule has 0 radical (unpaired) electrons. The van der Waals surface area contributed by atoms with E-state index in [1.54, 1.807) is 13.1 Å². The van der Waals surface area contributed by atoms with Crippen LogP contribution >= 0.6 is 0 Å². The Morgan fingerprint density at radius 1 is 0.973 bits per heavy atom. The van der Waals surface area contributed by atoms with Gasteiger partial charge >= 0.3 is 5.69 Å². The molecule has 186 valence electrons. The number of aromatic nitrogens is 5. The first kappa shape index (κ1) is 23.6. The van der Waals surface area contributed by atoms with Gasteiger partial charge < -0.3 is 11.1 Å². The van der Waals surface area contributed by atoms with Gasteiger partial charge in [-0.2, -0.15) is 10.2 Å². The first-order valence-electron chi connectivity index (χ1n) is 10.9. The van der Waals surface area contributed by atoms with Gasteiger partial charge in [0.1, 0.15) is 18.0 Å². The fourth-order valence-corrected chi connectivity index (χ4v) is 4.06. The Morgan fingerprint density at radius 2 is 1.73 bits per heavy atom. The van der Waals surface area contributed by atoms with Gasteiger partial charge in [-0.05, 0) is 48.5 Å². The Labute approximate surface area is 207 Å². The van der Waals surface area contributed by atoms with Gasteiger partial charge in [-0.1, -0.05) is 6.07 Å². The Morgan fingerprint density at radius 3 is 2.41 bits per heavy atom. The molecule has 0 atom stereocenters. The maximum absolute atomic E-state index is 15.8. The molecule has 0 unspecified atom stereocenters. The van der Waals surface area contributed by atoms with E-state index < -0.39 is 29.1 Å². The van der Waals surface area contributed by atoms with Crippen molar-refractivity contribution < 1.29 is 18.4 Å². The number of nitrogens with one attached hydrogen (secondary N) is 1. The number of carbonyl (C=O) groups excluding carboxylic acids is 2. The summed E-state index contributed by atoms with van der Waals surface area (Å²) in [5, 5.41) is 10.5. The Hall–Kier alpha value is -5.13. The van der Waals surface area contributed by atoms with Crippen LogP contribution in [0.4, 0.5) is 14.5 Å². The number of primary amides is 1. The molecule has 37 heavy (non-hydrogen) atoms. The van der Waals surface area contributed by atoms with E-state index in [-0.39, 0.29) is 39.1 Å². The molecule has 3 N–H and O–H groups in total. The van der Waals surface area contributed by atoms with E-state index in [0.29, 0.717) is 5.52 Å². The summed E-state index contributed by atoms with van der Waals surface area (Å²) >= 11 is 0. The van der Waals surface area contributed by atoms with Gasteiger partial charge in [0.15, 0.2) is 5.69 Å². The Bertz CT molecular complexity index is 1790. The number of nitrogens with zero attached hydrogens (tertiary/aromatic N) is 5. The van der Waals surface area contributed by atoms with Gasteiger partial charge in [-0.15, -0.1) is 0 Å². The fourth-order valence-electron chi connectivity index (χ4n) is 4.06. The third-order valence-corrected chi connectivity index (χ3v) is 5.92. The molecule has 3 aromatic carbocycles. The van der Waals surface area contributed by atoms with Gasteiger partial charge in [-0.3, -0.25) is 14.3 Å². The van der Waals surface area contributed by atoms with Gasteiger partial charge in [0.2, 0.25) is 5.91 Å². The van der Waals surface area contributed by atoms with Crippen LogP contribution in [-0.4, -0.2) is 35.9 Å². The lowest BCUT2D eigenvalue weighted by Crippen LogP contribution is -2.21. The van der Waals surface area contributed by atoms with Crippen molar-refractivity contribution in [3.63, 3.8) is 0 Å². The predicted molar refractivity (Wildman–Crippen MR) is 131 cm³/mol. The lowest BCUT2D eigenvalue weighted by Gasteiger charge is -2.09. The number of nitrogens with two attached hydrogens (primary N) is 1. The highest BCUT2D eigenvalue weighted by atomic mass is 19.1. The molecule has 5 aromatic rings. The van der Waals surface area contributed by atoms with Crippen LogP contribution in [0.15, 0.2) is 65.7 Å². The van der Waals surface area contributed by atoms with Crippen LogP contribution in [0, 0.1) is 11.6 Å². The van der Waals surface area contributed by atoms with Crippen LogP contribution in [0.3, 0.4) is 0 Å². The lowest BCUT2D eigenvalue weighted by atomic mass is 10.0. The lowest BCUT2D eigenvalue weighted by molar-refractivity contribution is 0.0995. The van der Waals surface area contributed by atoms with E-state index in [2.05, 4.69) is 15.5 Å². The third-order valence-electron chi connectivity index (χ3n) is 5.92. The molecule has 0 aliphatic heterocycles. The summed E-state index contributed by atoms with van der Waals surface area (Å²) in [6, 6.07) is 12.8. The standard InChI is InChI=1S/C25H19F2N7O3/c1-32-19-9-8-17(16-7-6-15(11-18(16)26)34-12-29-33(2)25(34)37)21(27)20(19)22(31-32)24(36)30-14-5-3-4-13(10-14)23(28)35/h3-12H,1-2H3,(H2,28,35)(H,30,36). The third kappa shape index (κ3) is 4.03. The summed E-state index contributed by atoms with van der Waals surface area (Å²) in [6.07, 6.45) is 1.25. The van der Waals surface area contributed by atoms with Crippen molar-refractivity contribution in [2.24, 2.45) is 19.8 Å². The SMILES string of the molecule is Cn1ncn(-c2ccc(-c3ccc4c(c(C(=O)Nc5cccc(C(N)=O)c5)nn4C)c3F)c(F)c2)c1=O. The highest BCUT2D eigenvalue weighted by molar-refractivity contribution is 6.12. The van der Waals surface area contributed by atoms with Crippen LogP contribution in [0.2, 0.25) is 0 Å². The number of aryl methyl sites for hydroxylation is 2. The first-order chi connectivity index (χ1) is 17.7. The molecular formula is C25H19F2N7O3. The van der Waals surface area contributed by atoms with E-state index in [0.717, 1.165) is 15.3 Å². The monoisotopic (exact) mass is 503 g/mol. The van der Waals surface area contributed by atoms with Crippen LogP contribution in [0.25, 0.3) is 27.7 Å². The maximum atomic E-state index is 15.8. The van der Waals surface area contributed by atoms with Gasteiger partial charge in [0, 0.05) is 36.5 Å². The van der Waals surface area contributed by atoms with Crippen LogP contribution in [0.5, 0.6) is 0 Å². The molecular weight excluding hydrogens is 484 g/mol. The second kappa shape index (κ2) is 8.82. The molecule has 0 aliphatic carbocycles. The number of amides is 2. The van der Waals surface area contributed by atoms with Gasteiger partial charge in [0.25, 0.3) is 5.91 Å². The van der Waals surface area contributed by atoms with Crippen LogP contribution in [0.1, 0.15) is 20.8 Å². The molecule has 0 spiro atoms. The van der Waals surface area contributed by atoms with Crippen molar-refractivity contribution >= 4 is 28.4 Å². The maximum Gasteiger partial charge on any atom is 0.350 e. The number of benzene rings is 3. The summed E-state index contributed by atoms with van der Waals surface area (Å²) in [7, 11) is 3.01. The molecule has 5 rings (SSSR count). The highest BCUT2D eigenvalue weighted by Gasteiger charge is 2.23. The number of anilines is 1. The van der Waals surface area contributed by atoms with Crippen LogP contribution < -0.4 is 16.7 Å². The first-order valence-corrected chi connectivity index (χ1v) is 10.9. The van der Waals surface area contributed by atoms with E-state index >= 15 is 8.78 Å². The number of fused-ring (bicyclic) bond motifs is 1. The predicted octanol–water partition coefficient (Wildman–Crippen LogP) is 2.75.